The Kier molecular flexibility index (Phi) is 6.20. The van der Waals surface area contributed by atoms with Crippen LogP contribution in [0.2, 0.25) is 0 Å². The molecule has 1 aromatic rings. The van der Waals surface area contributed by atoms with Crippen LogP contribution >= 0.6 is 11.8 Å². The highest BCUT2D eigenvalue weighted by Gasteiger charge is 2.17. The summed E-state index contributed by atoms with van der Waals surface area (Å²) in [5.41, 5.74) is 1.08. The zero-order chi connectivity index (χ0) is 15.0. The maximum absolute atomic E-state index is 4.93. The molecule has 0 aliphatic carbocycles. The molecule has 4 heteroatoms. The molecule has 2 saturated heterocycles. The number of rotatable bonds is 4. The van der Waals surface area contributed by atoms with Gasteiger partial charge in [-0.2, -0.15) is 0 Å². The second kappa shape index (κ2) is 8.59. The molecule has 0 radical (unpaired) electrons. The normalized spacial score (nSPS) is 20.5. The zero-order valence-corrected chi connectivity index (χ0v) is 14.2. The van der Waals surface area contributed by atoms with E-state index in [1.165, 1.54) is 70.0 Å². The summed E-state index contributed by atoms with van der Waals surface area (Å²) in [6.45, 7) is 6.11. The van der Waals surface area contributed by atoms with E-state index in [1.54, 1.807) is 0 Å². The maximum atomic E-state index is 4.93. The van der Waals surface area contributed by atoms with E-state index in [0.717, 1.165) is 11.4 Å². The topological polar surface area (TPSA) is 18.8 Å². The summed E-state index contributed by atoms with van der Waals surface area (Å²) in [5, 5.41) is 1.23. The van der Waals surface area contributed by atoms with Gasteiger partial charge in [-0.1, -0.05) is 30.0 Å². The fraction of sp³-hybridized carbons (Fsp3) is 0.611. The van der Waals surface area contributed by atoms with Crippen molar-refractivity contribution in [3.05, 3.63) is 30.3 Å². The fourth-order valence-corrected chi connectivity index (χ4v) is 4.23. The number of piperidine rings is 1. The van der Waals surface area contributed by atoms with E-state index < -0.39 is 0 Å². The molecule has 0 bridgehead atoms. The second-order valence-corrected chi connectivity index (χ2v) is 7.24. The Morgan fingerprint density at radius 3 is 2.32 bits per heavy atom. The number of nitrogens with zero attached hydrogens (tertiary/aromatic N) is 3. The lowest BCUT2D eigenvalue weighted by Crippen LogP contribution is -2.34. The molecule has 3 rings (SSSR count). The number of hydrogen-bond acceptors (Lipinski definition) is 3. The smallest absolute Gasteiger partial charge is 0.164 e. The Morgan fingerprint density at radius 1 is 0.909 bits per heavy atom. The third kappa shape index (κ3) is 4.75. The van der Waals surface area contributed by atoms with Gasteiger partial charge in [-0.25, -0.2) is 4.99 Å². The van der Waals surface area contributed by atoms with E-state index >= 15 is 0 Å². The lowest BCUT2D eigenvalue weighted by atomic mass is 10.1. The molecule has 2 heterocycles. The van der Waals surface area contributed by atoms with Crippen molar-refractivity contribution in [3.63, 3.8) is 0 Å². The van der Waals surface area contributed by atoms with Crippen LogP contribution in [0.3, 0.4) is 0 Å². The zero-order valence-electron chi connectivity index (χ0n) is 13.4. The van der Waals surface area contributed by atoms with Crippen LogP contribution in [0.25, 0.3) is 0 Å². The van der Waals surface area contributed by atoms with Gasteiger partial charge in [-0.3, -0.25) is 0 Å². The largest absolute Gasteiger partial charge is 0.351 e. The van der Waals surface area contributed by atoms with Crippen molar-refractivity contribution in [2.75, 3.05) is 38.5 Å². The van der Waals surface area contributed by atoms with Gasteiger partial charge in [0.2, 0.25) is 0 Å². The van der Waals surface area contributed by atoms with Crippen LogP contribution in [-0.4, -0.2) is 53.4 Å². The van der Waals surface area contributed by atoms with Crippen LogP contribution in [0.1, 0.15) is 32.1 Å². The Hall–Kier alpha value is -1.00. The van der Waals surface area contributed by atoms with Gasteiger partial charge in [0.05, 0.1) is 5.69 Å². The summed E-state index contributed by atoms with van der Waals surface area (Å²) in [7, 11) is 0. The Balaban J connectivity index is 1.61. The standard InChI is InChI=1S/C18H27N3S/c1-3-9-17(10-4-1)19-18(21-13-5-2-6-14-21)22-16-15-20-11-7-8-12-20/h1,3-4,9-10H,2,5-8,11-16H2. The molecular formula is C18H27N3S. The molecule has 120 valence electrons. The third-order valence-electron chi connectivity index (χ3n) is 4.44. The van der Waals surface area contributed by atoms with Gasteiger partial charge < -0.3 is 9.80 Å². The van der Waals surface area contributed by atoms with Crippen molar-refractivity contribution in [1.29, 1.82) is 0 Å². The van der Waals surface area contributed by atoms with E-state index in [9.17, 15) is 0 Å². The van der Waals surface area contributed by atoms with Crippen molar-refractivity contribution in [2.45, 2.75) is 32.1 Å². The first-order valence-electron chi connectivity index (χ1n) is 8.66. The molecule has 3 nitrogen and oxygen atoms in total. The van der Waals surface area contributed by atoms with E-state index in [1.807, 2.05) is 11.8 Å². The van der Waals surface area contributed by atoms with Gasteiger partial charge in [-0.05, 0) is 57.3 Å². The van der Waals surface area contributed by atoms with Crippen LogP contribution in [0.5, 0.6) is 0 Å². The quantitative estimate of drug-likeness (QED) is 0.618. The summed E-state index contributed by atoms with van der Waals surface area (Å²) < 4.78 is 0. The van der Waals surface area contributed by atoms with Gasteiger partial charge in [-0.15, -0.1) is 0 Å². The molecule has 0 spiro atoms. The Bertz CT molecular complexity index is 462. The summed E-state index contributed by atoms with van der Waals surface area (Å²) >= 11 is 1.94. The summed E-state index contributed by atoms with van der Waals surface area (Å²) in [6, 6.07) is 10.4. The SMILES string of the molecule is c1ccc(N=C(SCCN2CCCC2)N2CCCCC2)cc1. The molecule has 0 unspecified atom stereocenters. The highest BCUT2D eigenvalue weighted by atomic mass is 32.2. The van der Waals surface area contributed by atoms with Gasteiger partial charge in [0.15, 0.2) is 5.17 Å². The Morgan fingerprint density at radius 2 is 1.59 bits per heavy atom. The average Bonchev–Trinajstić information content (AvgIpc) is 3.09. The van der Waals surface area contributed by atoms with E-state index in [0.29, 0.717) is 0 Å². The van der Waals surface area contributed by atoms with Crippen LogP contribution in [0.15, 0.2) is 35.3 Å². The molecule has 0 aromatic heterocycles. The van der Waals surface area contributed by atoms with E-state index in [2.05, 4.69) is 40.1 Å². The first-order chi connectivity index (χ1) is 10.9. The summed E-state index contributed by atoms with van der Waals surface area (Å²) in [5.74, 6) is 1.15. The van der Waals surface area contributed by atoms with Crippen molar-refractivity contribution in [2.24, 2.45) is 4.99 Å². The number of para-hydroxylation sites is 1. The minimum Gasteiger partial charge on any atom is -0.351 e. The molecule has 2 aliphatic heterocycles. The third-order valence-corrected chi connectivity index (χ3v) is 5.44. The first kappa shape index (κ1) is 15.9. The van der Waals surface area contributed by atoms with Gasteiger partial charge >= 0.3 is 0 Å². The van der Waals surface area contributed by atoms with Crippen LogP contribution in [0, 0.1) is 0 Å². The minimum atomic E-state index is 1.08. The molecule has 2 aliphatic rings. The van der Waals surface area contributed by atoms with Crippen molar-refractivity contribution < 1.29 is 0 Å². The van der Waals surface area contributed by atoms with Gasteiger partial charge in [0.25, 0.3) is 0 Å². The number of hydrogen-bond donors (Lipinski definition) is 0. The minimum absolute atomic E-state index is 1.08. The molecule has 0 N–H and O–H groups in total. The Labute approximate surface area is 138 Å². The number of amidine groups is 1. The van der Waals surface area contributed by atoms with Crippen LogP contribution < -0.4 is 0 Å². The lowest BCUT2D eigenvalue weighted by Gasteiger charge is -2.29. The maximum Gasteiger partial charge on any atom is 0.164 e. The molecule has 0 atom stereocenters. The molecular weight excluding hydrogens is 290 g/mol. The van der Waals surface area contributed by atoms with Crippen molar-refractivity contribution in [1.82, 2.24) is 9.80 Å². The van der Waals surface area contributed by atoms with Crippen molar-refractivity contribution in [3.8, 4) is 0 Å². The van der Waals surface area contributed by atoms with Crippen LogP contribution in [0.4, 0.5) is 5.69 Å². The van der Waals surface area contributed by atoms with Gasteiger partial charge in [0.1, 0.15) is 0 Å². The predicted octanol–water partition coefficient (Wildman–Crippen LogP) is 3.99. The molecule has 0 saturated carbocycles. The highest BCUT2D eigenvalue weighted by Crippen LogP contribution is 2.21. The number of likely N-dealkylation sites (tertiary alicyclic amines) is 2. The number of benzene rings is 1. The van der Waals surface area contributed by atoms with Gasteiger partial charge in [0, 0.05) is 25.4 Å². The molecule has 22 heavy (non-hydrogen) atoms. The monoisotopic (exact) mass is 317 g/mol. The van der Waals surface area contributed by atoms with E-state index in [4.69, 9.17) is 4.99 Å². The van der Waals surface area contributed by atoms with E-state index in [-0.39, 0.29) is 0 Å². The molecule has 0 amide bonds. The number of thioether (sulfide) groups is 1. The summed E-state index contributed by atoms with van der Waals surface area (Å²) in [4.78, 5) is 10.0. The first-order valence-corrected chi connectivity index (χ1v) is 9.64. The van der Waals surface area contributed by atoms with Crippen molar-refractivity contribution >= 4 is 22.6 Å². The highest BCUT2D eigenvalue weighted by molar-refractivity contribution is 8.13. The summed E-state index contributed by atoms with van der Waals surface area (Å²) in [6.07, 6.45) is 6.73. The predicted molar refractivity (Wildman–Crippen MR) is 97.1 cm³/mol. The fourth-order valence-electron chi connectivity index (χ4n) is 3.16. The molecule has 2 fully saturated rings. The average molecular weight is 318 g/mol. The number of aliphatic imine (C=N–C) groups is 1. The molecule has 1 aromatic carbocycles. The lowest BCUT2D eigenvalue weighted by molar-refractivity contribution is 0.347. The second-order valence-electron chi connectivity index (χ2n) is 6.17. The van der Waals surface area contributed by atoms with Crippen LogP contribution in [-0.2, 0) is 0 Å².